The summed E-state index contributed by atoms with van der Waals surface area (Å²) in [6, 6.07) is 0. The molecule has 0 fully saturated rings. The summed E-state index contributed by atoms with van der Waals surface area (Å²) in [4.78, 5) is 22.7. The molecule has 0 aromatic rings. The van der Waals surface area contributed by atoms with Crippen LogP contribution in [-0.4, -0.2) is 14.7 Å². The Labute approximate surface area is 43.9 Å². The molecule has 0 rings (SSSR count). The fourth-order valence-corrected chi connectivity index (χ4v) is 0. The molecule has 0 spiro atoms. The van der Waals surface area contributed by atoms with Crippen LogP contribution >= 0.6 is 16.6 Å². The lowest BCUT2D eigenvalue weighted by molar-refractivity contribution is 0.363. The molecule has 3 nitrogen and oxygen atoms in total. The summed E-state index contributed by atoms with van der Waals surface area (Å²) in [5.41, 5.74) is 0. The van der Waals surface area contributed by atoms with Crippen LogP contribution < -0.4 is 0 Å². The number of hydrogen-bond acceptors (Lipinski definition) is 1. The van der Waals surface area contributed by atoms with Gasteiger partial charge >= 0.3 is 6.72 Å². The Morgan fingerprint density at radius 2 is 1.17 bits per heavy atom. The molecule has 37 valence electrons. The van der Waals surface area contributed by atoms with E-state index < -0.39 is 6.72 Å². The smallest absolute Gasteiger partial charge is 0.319 e. The van der Waals surface area contributed by atoms with Crippen LogP contribution in [0.15, 0.2) is 0 Å². The maximum absolute atomic E-state index is 7.56. The van der Waals surface area contributed by atoms with Crippen molar-refractivity contribution in [3.05, 3.63) is 0 Å². The molecule has 0 unspecified atom stereocenters. The summed E-state index contributed by atoms with van der Waals surface area (Å²) >= 11 is 3.60. The molecule has 0 saturated heterocycles. The molecular formula is H3O3P2S. The van der Waals surface area contributed by atoms with Crippen LogP contribution in [0.1, 0.15) is 0 Å². The van der Waals surface area contributed by atoms with Crippen LogP contribution in [0.3, 0.4) is 0 Å². The molecule has 0 amide bonds. The molecule has 0 saturated carbocycles. The van der Waals surface area contributed by atoms with Crippen molar-refractivity contribution >= 4 is 28.4 Å². The van der Waals surface area contributed by atoms with Gasteiger partial charge in [-0.05, 0) is 11.8 Å². The highest BCUT2D eigenvalue weighted by molar-refractivity contribution is 8.06. The zero-order chi connectivity index (χ0) is 4.50. The first kappa shape index (κ1) is 10.0. The highest BCUT2D eigenvalue weighted by atomic mass is 32.5. The highest BCUT2D eigenvalue weighted by Gasteiger charge is 1.92. The highest BCUT2D eigenvalue weighted by Crippen LogP contribution is 2.26. The molecule has 6 heteroatoms. The van der Waals surface area contributed by atoms with Crippen LogP contribution in [-0.2, 0) is 11.8 Å². The molecule has 0 aromatic carbocycles. The minimum absolute atomic E-state index is 0. The third-order valence-electron chi connectivity index (χ3n) is 0. The van der Waals surface area contributed by atoms with Gasteiger partial charge in [0.25, 0.3) is 0 Å². The summed E-state index contributed by atoms with van der Waals surface area (Å²) < 4.78 is 0. The van der Waals surface area contributed by atoms with Crippen LogP contribution in [0, 0.1) is 0 Å². The molecule has 0 atom stereocenters. The molecule has 0 aromatic heterocycles. The molecule has 0 aliphatic heterocycles. The normalized spacial score (nSPS) is 9.83. The van der Waals surface area contributed by atoms with E-state index in [1.807, 2.05) is 0 Å². The van der Waals surface area contributed by atoms with Crippen molar-refractivity contribution in [3.8, 4) is 0 Å². The first-order valence-electron chi connectivity index (χ1n) is 0.783. The average Bonchev–Trinajstić information content (AvgIpc) is 0.722. The van der Waals surface area contributed by atoms with Crippen molar-refractivity contribution in [2.75, 3.05) is 0 Å². The fraction of sp³-hybridized carbons (Fsp3) is 0. The molecule has 0 bridgehead atoms. The Hall–Kier alpha value is 0.960. The molecule has 3 N–H and O–H groups in total. The van der Waals surface area contributed by atoms with Crippen molar-refractivity contribution < 1.29 is 14.7 Å². The van der Waals surface area contributed by atoms with Crippen LogP contribution in [0.5, 0.6) is 0 Å². The first-order valence-corrected chi connectivity index (χ1v) is 3.44. The SMILES string of the molecule is OP(O)(O)=S.[P]. The van der Waals surface area contributed by atoms with Gasteiger partial charge in [0.05, 0.1) is 0 Å². The lowest BCUT2D eigenvalue weighted by Gasteiger charge is -1.88. The van der Waals surface area contributed by atoms with E-state index in [-0.39, 0.29) is 9.90 Å². The van der Waals surface area contributed by atoms with Gasteiger partial charge in [-0.15, -0.1) is 0 Å². The monoisotopic (exact) mass is 145 g/mol. The van der Waals surface area contributed by atoms with E-state index in [4.69, 9.17) is 14.7 Å². The van der Waals surface area contributed by atoms with Gasteiger partial charge < -0.3 is 14.7 Å². The minimum Gasteiger partial charge on any atom is -0.325 e. The van der Waals surface area contributed by atoms with Gasteiger partial charge in [0.1, 0.15) is 0 Å². The topological polar surface area (TPSA) is 60.7 Å². The second kappa shape index (κ2) is 3.03. The van der Waals surface area contributed by atoms with Crippen molar-refractivity contribution in [1.82, 2.24) is 0 Å². The second-order valence-corrected chi connectivity index (χ2v) is 3.01. The van der Waals surface area contributed by atoms with Gasteiger partial charge in [-0.3, -0.25) is 0 Å². The Bertz CT molecular complexity index is 54.9. The summed E-state index contributed by atoms with van der Waals surface area (Å²) in [6.45, 7) is -3.81. The predicted molar refractivity (Wildman–Crippen MR) is 27.9 cm³/mol. The first-order chi connectivity index (χ1) is 2.00. The maximum Gasteiger partial charge on any atom is 0.319 e. The summed E-state index contributed by atoms with van der Waals surface area (Å²) in [7, 11) is 0. The second-order valence-electron chi connectivity index (χ2n) is 0.513. The number of hydrogen-bond donors (Lipinski definition) is 3. The molecule has 3 radical (unpaired) electrons. The fourth-order valence-electron chi connectivity index (χ4n) is 0. The van der Waals surface area contributed by atoms with Gasteiger partial charge in [0.2, 0.25) is 0 Å². The molecule has 0 aliphatic rings. The molecule has 0 heterocycles. The van der Waals surface area contributed by atoms with E-state index in [1.54, 1.807) is 0 Å². The van der Waals surface area contributed by atoms with E-state index in [1.165, 1.54) is 0 Å². The van der Waals surface area contributed by atoms with E-state index in [2.05, 4.69) is 11.8 Å². The third-order valence-corrected chi connectivity index (χ3v) is 0. The van der Waals surface area contributed by atoms with Crippen molar-refractivity contribution in [3.63, 3.8) is 0 Å². The maximum atomic E-state index is 7.56. The van der Waals surface area contributed by atoms with Gasteiger partial charge in [-0.1, -0.05) is 0 Å². The zero-order valence-electron chi connectivity index (χ0n) is 2.64. The zero-order valence-corrected chi connectivity index (χ0v) is 5.25. The number of rotatable bonds is 0. The Kier molecular flexibility index (Phi) is 5.07. The van der Waals surface area contributed by atoms with E-state index in [0.717, 1.165) is 0 Å². The third kappa shape index (κ3) is 84.4. The van der Waals surface area contributed by atoms with Gasteiger partial charge in [-0.25, -0.2) is 0 Å². The van der Waals surface area contributed by atoms with E-state index in [0.29, 0.717) is 0 Å². The van der Waals surface area contributed by atoms with Gasteiger partial charge in [0, 0.05) is 9.90 Å². The minimum atomic E-state index is -3.81. The lowest BCUT2D eigenvalue weighted by atomic mass is 15.8. The summed E-state index contributed by atoms with van der Waals surface area (Å²) in [5, 5.41) is 0. The quantitative estimate of drug-likeness (QED) is 0.421. The standard InChI is InChI=1S/H3O3PS.P/c1-4(2,3)5;/h(H3,1,2,3,5);. The average molecular weight is 145 g/mol. The van der Waals surface area contributed by atoms with Crippen molar-refractivity contribution in [2.45, 2.75) is 0 Å². The molecule has 0 aliphatic carbocycles. The van der Waals surface area contributed by atoms with Crippen molar-refractivity contribution in [2.24, 2.45) is 0 Å². The predicted octanol–water partition coefficient (Wildman–Crippen LogP) is 0.0490. The van der Waals surface area contributed by atoms with Gasteiger partial charge in [0.15, 0.2) is 0 Å². The van der Waals surface area contributed by atoms with E-state index in [9.17, 15) is 0 Å². The molecular weight excluding hydrogens is 142 g/mol. The summed E-state index contributed by atoms with van der Waals surface area (Å²) in [6.07, 6.45) is 0. The molecule has 6 heavy (non-hydrogen) atoms. The summed E-state index contributed by atoms with van der Waals surface area (Å²) in [5.74, 6) is 0. The van der Waals surface area contributed by atoms with Gasteiger partial charge in [-0.2, -0.15) is 0 Å². The van der Waals surface area contributed by atoms with Crippen LogP contribution in [0.4, 0.5) is 0 Å². The lowest BCUT2D eigenvalue weighted by Crippen LogP contribution is -1.65. The Balaban J connectivity index is 0. The van der Waals surface area contributed by atoms with Crippen LogP contribution in [0.25, 0.3) is 0 Å². The Morgan fingerprint density at radius 1 is 1.17 bits per heavy atom. The largest absolute Gasteiger partial charge is 0.325 e. The van der Waals surface area contributed by atoms with Crippen molar-refractivity contribution in [1.29, 1.82) is 0 Å². The Morgan fingerprint density at radius 3 is 1.17 bits per heavy atom. The van der Waals surface area contributed by atoms with Crippen LogP contribution in [0.2, 0.25) is 0 Å². The van der Waals surface area contributed by atoms with E-state index >= 15 is 0 Å².